The minimum atomic E-state index is -0.895. The maximum absolute atomic E-state index is 12.7. The molecule has 65 heavy (non-hydrogen) atoms. The van der Waals surface area contributed by atoms with E-state index >= 15 is 0 Å². The number of hydrogen-bond donors (Lipinski definition) is 1. The molecule has 0 aliphatic heterocycles. The van der Waals surface area contributed by atoms with E-state index in [4.69, 9.17) is 14.2 Å². The fourth-order valence-electron chi connectivity index (χ4n) is 6.32. The number of likely N-dealkylation sites (N-methyl/N-ethyl adjacent to an activating group) is 1. The predicted molar refractivity (Wildman–Crippen MR) is 275 cm³/mol. The number of carboxylic acid groups (broad SMARTS) is 1. The van der Waals surface area contributed by atoms with Crippen LogP contribution in [-0.2, 0) is 28.6 Å². The zero-order valence-corrected chi connectivity index (χ0v) is 41.4. The normalized spacial score (nSPS) is 14.0. The summed E-state index contributed by atoms with van der Waals surface area (Å²) in [5.41, 5.74) is 0. The van der Waals surface area contributed by atoms with Crippen molar-refractivity contribution >= 4 is 17.9 Å². The standard InChI is InChI=1S/C57H89NO7/c1-6-8-10-12-14-16-18-20-22-24-26-27-28-30-31-33-35-37-39-41-43-45-47-55(59)64-52-53(51-63-50-49-54(57(61)62)58(3,4)5)65-56(60)48-46-44-42-40-38-36-34-32-29-25-23-21-19-17-15-13-11-9-7-2/h8-11,14-17,20-23,26-27,29-32,36,38,42,44,53-54H,6-7,12-13,18-19,24-25,28,33-35,37,39-41,43,45-52H2,1-5H3/p+1/b10-8+,11-9+,16-14+,17-15+,22-20+,23-21+,27-26+,31-30+,32-29+,38-36+,44-42+. The van der Waals surface area contributed by atoms with Gasteiger partial charge in [0.2, 0.25) is 0 Å². The Morgan fingerprint density at radius 3 is 1.26 bits per heavy atom. The largest absolute Gasteiger partial charge is 0.477 e. The van der Waals surface area contributed by atoms with E-state index in [2.05, 4.69) is 135 Å². The summed E-state index contributed by atoms with van der Waals surface area (Å²) in [7, 11) is 5.49. The number of hydrogen-bond acceptors (Lipinski definition) is 6. The minimum Gasteiger partial charge on any atom is -0.477 e. The van der Waals surface area contributed by atoms with Crippen molar-refractivity contribution in [2.24, 2.45) is 0 Å². The lowest BCUT2D eigenvalue weighted by molar-refractivity contribution is -0.887. The fraction of sp³-hybridized carbons (Fsp3) is 0.561. The van der Waals surface area contributed by atoms with Crippen molar-refractivity contribution in [3.63, 3.8) is 0 Å². The van der Waals surface area contributed by atoms with Crippen molar-refractivity contribution < 1.29 is 38.2 Å². The van der Waals surface area contributed by atoms with Crippen LogP contribution in [0.5, 0.6) is 0 Å². The van der Waals surface area contributed by atoms with Gasteiger partial charge in [0.25, 0.3) is 0 Å². The number of carbonyl (C=O) groups excluding carboxylic acids is 2. The van der Waals surface area contributed by atoms with Crippen LogP contribution in [0, 0.1) is 0 Å². The summed E-state index contributed by atoms with van der Waals surface area (Å²) in [6, 6.07) is -0.640. The van der Waals surface area contributed by atoms with Crippen LogP contribution in [0.25, 0.3) is 0 Å². The molecule has 2 unspecified atom stereocenters. The lowest BCUT2D eigenvalue weighted by Gasteiger charge is -2.31. The average Bonchev–Trinajstić information content (AvgIpc) is 3.27. The molecule has 0 aromatic carbocycles. The van der Waals surface area contributed by atoms with Gasteiger partial charge < -0.3 is 23.8 Å². The van der Waals surface area contributed by atoms with E-state index in [1.54, 1.807) is 0 Å². The summed E-state index contributed by atoms with van der Waals surface area (Å²) in [4.78, 5) is 37.1. The lowest BCUT2D eigenvalue weighted by Crippen LogP contribution is -2.50. The van der Waals surface area contributed by atoms with Crippen LogP contribution in [0.3, 0.4) is 0 Å². The summed E-state index contributed by atoms with van der Waals surface area (Å²) >= 11 is 0. The first-order valence-corrected chi connectivity index (χ1v) is 24.7. The van der Waals surface area contributed by atoms with Gasteiger partial charge in [-0.05, 0) is 96.3 Å². The molecule has 0 aromatic heterocycles. The van der Waals surface area contributed by atoms with Crippen LogP contribution >= 0.6 is 0 Å². The first-order chi connectivity index (χ1) is 31.6. The fourth-order valence-corrected chi connectivity index (χ4v) is 6.32. The summed E-state index contributed by atoms with van der Waals surface area (Å²) in [6.45, 7) is 4.39. The third kappa shape index (κ3) is 44.5. The van der Waals surface area contributed by atoms with Crippen molar-refractivity contribution in [1.29, 1.82) is 0 Å². The Balaban J connectivity index is 4.44. The van der Waals surface area contributed by atoms with Crippen molar-refractivity contribution in [3.8, 4) is 0 Å². The molecule has 0 rings (SSSR count). The Labute approximate surface area is 396 Å². The lowest BCUT2D eigenvalue weighted by atomic mass is 10.1. The van der Waals surface area contributed by atoms with Gasteiger partial charge in [0.15, 0.2) is 12.1 Å². The third-order valence-corrected chi connectivity index (χ3v) is 10.1. The number of aliphatic carboxylic acids is 1. The molecule has 0 radical (unpaired) electrons. The van der Waals surface area contributed by atoms with Crippen LogP contribution in [0.1, 0.15) is 155 Å². The molecule has 0 spiro atoms. The average molecular weight is 901 g/mol. The Kier molecular flexibility index (Phi) is 42.8. The maximum Gasteiger partial charge on any atom is 0.362 e. The highest BCUT2D eigenvalue weighted by molar-refractivity contribution is 5.72. The number of carboxylic acids is 1. The van der Waals surface area contributed by atoms with Crippen LogP contribution in [-0.4, -0.2) is 80.6 Å². The molecule has 8 nitrogen and oxygen atoms in total. The molecule has 0 saturated carbocycles. The SMILES string of the molecule is CC/C=C/C/C=C/C/C=C/C/C=C/C/C=C/C/C=C/CCC(=O)OC(COCCC(C(=O)O)[N+](C)(C)C)COC(=O)CCCCCCCC/C=C/C/C=C/C/C=C/C/C=C/C/C=C/CC. The van der Waals surface area contributed by atoms with E-state index < -0.39 is 24.1 Å². The number of carbonyl (C=O) groups is 3. The molecule has 0 heterocycles. The third-order valence-electron chi connectivity index (χ3n) is 10.1. The smallest absolute Gasteiger partial charge is 0.362 e. The number of quaternary nitrogens is 1. The number of unbranched alkanes of at least 4 members (excludes halogenated alkanes) is 6. The van der Waals surface area contributed by atoms with Crippen molar-refractivity contribution in [3.05, 3.63) is 134 Å². The Hall–Kier alpha value is -4.53. The minimum absolute atomic E-state index is 0.0159. The Bertz CT molecular complexity index is 1520. The number of rotatable bonds is 42. The van der Waals surface area contributed by atoms with E-state index in [0.29, 0.717) is 19.3 Å². The maximum atomic E-state index is 12.7. The molecule has 8 heteroatoms. The zero-order chi connectivity index (χ0) is 47.7. The molecular weight excluding hydrogens is 811 g/mol. The second-order valence-electron chi connectivity index (χ2n) is 17.0. The van der Waals surface area contributed by atoms with Crippen molar-refractivity contribution in [2.75, 3.05) is 41.0 Å². The highest BCUT2D eigenvalue weighted by Crippen LogP contribution is 2.12. The molecule has 1 N–H and O–H groups in total. The van der Waals surface area contributed by atoms with E-state index in [1.165, 1.54) is 12.8 Å². The predicted octanol–water partition coefficient (Wildman–Crippen LogP) is 14.4. The molecule has 0 fully saturated rings. The van der Waals surface area contributed by atoms with Gasteiger partial charge in [-0.2, -0.15) is 0 Å². The summed E-state index contributed by atoms with van der Waals surface area (Å²) in [5, 5.41) is 9.65. The highest BCUT2D eigenvalue weighted by Gasteiger charge is 2.31. The molecule has 0 amide bonds. The van der Waals surface area contributed by atoms with E-state index in [-0.39, 0.29) is 36.7 Å². The van der Waals surface area contributed by atoms with Crippen LogP contribution in [0.4, 0.5) is 0 Å². The van der Waals surface area contributed by atoms with Gasteiger partial charge in [0.05, 0.1) is 34.4 Å². The quantitative estimate of drug-likeness (QED) is 0.0282. The highest BCUT2D eigenvalue weighted by atomic mass is 16.6. The number of esters is 2. The van der Waals surface area contributed by atoms with Gasteiger partial charge >= 0.3 is 17.9 Å². The summed E-state index contributed by atoms with van der Waals surface area (Å²) in [5.74, 6) is -1.61. The van der Waals surface area contributed by atoms with Crippen LogP contribution in [0.15, 0.2) is 134 Å². The van der Waals surface area contributed by atoms with Crippen molar-refractivity contribution in [2.45, 2.75) is 167 Å². The Morgan fingerprint density at radius 2 is 0.846 bits per heavy atom. The second-order valence-corrected chi connectivity index (χ2v) is 17.0. The van der Waals surface area contributed by atoms with Gasteiger partial charge in [0, 0.05) is 19.3 Å². The van der Waals surface area contributed by atoms with Crippen molar-refractivity contribution in [1.82, 2.24) is 0 Å². The first kappa shape index (κ1) is 60.5. The summed E-state index contributed by atoms with van der Waals surface area (Å²) < 4.78 is 17.2. The molecule has 0 aliphatic rings. The molecule has 0 saturated heterocycles. The number of ether oxygens (including phenoxy) is 3. The topological polar surface area (TPSA) is 99.1 Å². The van der Waals surface area contributed by atoms with Gasteiger partial charge in [0.1, 0.15) is 6.61 Å². The first-order valence-electron chi connectivity index (χ1n) is 24.7. The van der Waals surface area contributed by atoms with E-state index in [1.807, 2.05) is 33.3 Å². The van der Waals surface area contributed by atoms with Crippen LogP contribution in [0.2, 0.25) is 0 Å². The molecule has 2 atom stereocenters. The van der Waals surface area contributed by atoms with E-state index in [0.717, 1.165) is 103 Å². The molecule has 0 bridgehead atoms. The zero-order valence-electron chi connectivity index (χ0n) is 41.4. The van der Waals surface area contributed by atoms with E-state index in [9.17, 15) is 19.5 Å². The monoisotopic (exact) mass is 901 g/mol. The Morgan fingerprint density at radius 1 is 0.462 bits per heavy atom. The van der Waals surface area contributed by atoms with Gasteiger partial charge in [-0.25, -0.2) is 4.79 Å². The number of nitrogens with zero attached hydrogens (tertiary/aromatic N) is 1. The molecular formula is C57H90NO7+. The number of allylic oxidation sites excluding steroid dienone is 22. The van der Waals surface area contributed by atoms with Gasteiger partial charge in [-0.1, -0.05) is 173 Å². The van der Waals surface area contributed by atoms with Gasteiger partial charge in [-0.3, -0.25) is 9.59 Å². The second kappa shape index (κ2) is 46.0. The molecule has 0 aliphatic carbocycles. The molecule has 364 valence electrons. The van der Waals surface area contributed by atoms with Crippen LogP contribution < -0.4 is 0 Å². The van der Waals surface area contributed by atoms with Gasteiger partial charge in [-0.15, -0.1) is 0 Å². The summed E-state index contributed by atoms with van der Waals surface area (Å²) in [6.07, 6.45) is 66.6. The molecule has 0 aromatic rings.